The maximum absolute atomic E-state index is 13.1. The first-order valence-electron chi connectivity index (χ1n) is 8.63. The van der Waals surface area contributed by atoms with Crippen molar-refractivity contribution in [2.45, 2.75) is 18.2 Å². The summed E-state index contributed by atoms with van der Waals surface area (Å²) in [6.45, 7) is 3.13. The van der Waals surface area contributed by atoms with Gasteiger partial charge in [0, 0.05) is 46.1 Å². The van der Waals surface area contributed by atoms with Crippen molar-refractivity contribution in [3.8, 4) is 0 Å². The predicted octanol–water partition coefficient (Wildman–Crippen LogP) is 1.16. The maximum atomic E-state index is 13.1. The molecule has 0 aliphatic rings. The van der Waals surface area contributed by atoms with Crippen LogP contribution in [0, 0.1) is 12.7 Å². The number of aromatic nitrogens is 1. The fourth-order valence-corrected chi connectivity index (χ4v) is 3.64. The molecule has 2 rings (SSSR count). The molecule has 0 bridgehead atoms. The zero-order chi connectivity index (χ0) is 19.9. The highest BCUT2D eigenvalue weighted by Gasteiger charge is 2.14. The summed E-state index contributed by atoms with van der Waals surface area (Å²) < 4.78 is 41.6. The van der Waals surface area contributed by atoms with Crippen molar-refractivity contribution < 1.29 is 12.8 Å². The topological polar surface area (TPSA) is 87.5 Å². The number of hydrogen-bond acceptors (Lipinski definition) is 3. The molecule has 9 heteroatoms. The average Bonchev–Trinajstić information content (AvgIpc) is 3.06. The number of rotatable bonds is 8. The van der Waals surface area contributed by atoms with Crippen molar-refractivity contribution in [3.05, 3.63) is 53.6 Å². The van der Waals surface area contributed by atoms with Gasteiger partial charge < -0.3 is 15.2 Å². The highest BCUT2D eigenvalue weighted by atomic mass is 32.2. The number of guanidine groups is 1. The summed E-state index contributed by atoms with van der Waals surface area (Å²) in [6, 6.07) is 6.30. The van der Waals surface area contributed by atoms with E-state index in [4.69, 9.17) is 0 Å². The first kappa shape index (κ1) is 20.9. The predicted molar refractivity (Wildman–Crippen MR) is 105 cm³/mol. The molecule has 148 valence electrons. The van der Waals surface area contributed by atoms with Crippen LogP contribution in [0.5, 0.6) is 0 Å². The number of hydrogen-bond donors (Lipinski definition) is 3. The highest BCUT2D eigenvalue weighted by Crippen LogP contribution is 2.10. The van der Waals surface area contributed by atoms with Crippen LogP contribution in [0.3, 0.4) is 0 Å². The Hall–Kier alpha value is -2.39. The van der Waals surface area contributed by atoms with E-state index < -0.39 is 10.0 Å². The number of halogens is 1. The van der Waals surface area contributed by atoms with Crippen LogP contribution in [0.25, 0.3) is 0 Å². The van der Waals surface area contributed by atoms with E-state index in [1.54, 1.807) is 43.2 Å². The molecule has 0 saturated carbocycles. The van der Waals surface area contributed by atoms with Gasteiger partial charge in [-0.05, 0) is 42.7 Å². The molecule has 3 N–H and O–H groups in total. The molecule has 0 aliphatic heterocycles. The molecule has 0 saturated heterocycles. The molecule has 0 unspecified atom stereocenters. The first-order valence-corrected chi connectivity index (χ1v) is 10.1. The lowest BCUT2D eigenvalue weighted by atomic mass is 10.1. The third kappa shape index (κ3) is 6.37. The summed E-state index contributed by atoms with van der Waals surface area (Å²) in [5.74, 6) is 0.341. The van der Waals surface area contributed by atoms with Crippen molar-refractivity contribution in [1.29, 1.82) is 0 Å². The van der Waals surface area contributed by atoms with E-state index in [0.29, 0.717) is 19.0 Å². The maximum Gasteiger partial charge on any atom is 0.242 e. The van der Waals surface area contributed by atoms with Gasteiger partial charge in [-0.1, -0.05) is 6.07 Å². The van der Waals surface area contributed by atoms with Crippen molar-refractivity contribution in [3.63, 3.8) is 0 Å². The highest BCUT2D eigenvalue weighted by molar-refractivity contribution is 7.89. The largest absolute Gasteiger partial charge is 0.356 e. The van der Waals surface area contributed by atoms with Crippen molar-refractivity contribution in [1.82, 2.24) is 19.9 Å². The Kier molecular flexibility index (Phi) is 7.37. The van der Waals surface area contributed by atoms with Gasteiger partial charge in [-0.2, -0.15) is 0 Å². The molecule has 27 heavy (non-hydrogen) atoms. The Labute approximate surface area is 159 Å². The normalized spacial score (nSPS) is 12.2. The molecule has 0 aliphatic carbocycles. The fraction of sp³-hybridized carbons (Fsp3) is 0.389. The number of nitrogens with one attached hydrogen (secondary N) is 3. The van der Waals surface area contributed by atoms with E-state index in [0.717, 1.165) is 17.5 Å². The van der Waals surface area contributed by atoms with Gasteiger partial charge in [-0.3, -0.25) is 4.99 Å². The molecule has 0 radical (unpaired) electrons. The van der Waals surface area contributed by atoms with E-state index in [9.17, 15) is 12.8 Å². The van der Waals surface area contributed by atoms with Crippen LogP contribution in [0.15, 0.2) is 46.5 Å². The van der Waals surface area contributed by atoms with E-state index in [-0.39, 0.29) is 17.3 Å². The van der Waals surface area contributed by atoms with Crippen LogP contribution in [-0.2, 0) is 23.5 Å². The third-order valence-corrected chi connectivity index (χ3v) is 5.49. The molecular formula is C18H26FN5O2S. The lowest BCUT2D eigenvalue weighted by molar-refractivity contribution is 0.580. The molecule has 0 fully saturated rings. The van der Waals surface area contributed by atoms with Gasteiger partial charge in [0.15, 0.2) is 5.96 Å². The minimum atomic E-state index is -3.51. The Morgan fingerprint density at radius 1 is 1.19 bits per heavy atom. The van der Waals surface area contributed by atoms with Gasteiger partial charge in [0.2, 0.25) is 10.0 Å². The molecule has 1 aromatic heterocycles. The van der Waals surface area contributed by atoms with Gasteiger partial charge in [0.05, 0.1) is 4.90 Å². The Balaban J connectivity index is 1.72. The molecule has 0 amide bonds. The smallest absolute Gasteiger partial charge is 0.242 e. The average molecular weight is 396 g/mol. The number of benzene rings is 1. The standard InChI is InChI=1S/C18H26FN5O2S/c1-14-12-16(19)5-4-15(14)6-8-21-18(20-2)22-9-10-23-27(25,26)17-7-11-24(3)13-17/h4-5,7,11-13,23H,6,8-10H2,1-3H3,(H2,20,21,22). The minimum Gasteiger partial charge on any atom is -0.356 e. The summed E-state index contributed by atoms with van der Waals surface area (Å²) in [6.07, 6.45) is 3.96. The lowest BCUT2D eigenvalue weighted by Crippen LogP contribution is -2.42. The van der Waals surface area contributed by atoms with E-state index in [2.05, 4.69) is 20.3 Å². The SMILES string of the molecule is CN=C(NCCNS(=O)(=O)c1ccn(C)c1)NCCc1ccc(F)cc1C. The second-order valence-electron chi connectivity index (χ2n) is 6.16. The Morgan fingerprint density at radius 3 is 2.56 bits per heavy atom. The van der Waals surface area contributed by atoms with E-state index in [1.807, 2.05) is 6.92 Å². The minimum absolute atomic E-state index is 0.231. The van der Waals surface area contributed by atoms with Gasteiger partial charge in [0.25, 0.3) is 0 Å². The van der Waals surface area contributed by atoms with Crippen LogP contribution in [0.2, 0.25) is 0 Å². The van der Waals surface area contributed by atoms with Gasteiger partial charge in [-0.25, -0.2) is 17.5 Å². The van der Waals surface area contributed by atoms with Crippen LogP contribution >= 0.6 is 0 Å². The monoisotopic (exact) mass is 395 g/mol. The van der Waals surface area contributed by atoms with Crippen molar-refractivity contribution >= 4 is 16.0 Å². The van der Waals surface area contributed by atoms with E-state index in [1.165, 1.54) is 12.1 Å². The summed E-state index contributed by atoms with van der Waals surface area (Å²) >= 11 is 0. The molecule has 2 aromatic rings. The first-order chi connectivity index (χ1) is 12.8. The summed E-state index contributed by atoms with van der Waals surface area (Å²) in [5, 5.41) is 6.21. The molecular weight excluding hydrogens is 369 g/mol. The zero-order valence-corrected chi connectivity index (χ0v) is 16.6. The number of aryl methyl sites for hydroxylation is 2. The molecule has 1 heterocycles. The molecule has 0 atom stereocenters. The van der Waals surface area contributed by atoms with Gasteiger partial charge in [0.1, 0.15) is 5.82 Å². The van der Waals surface area contributed by atoms with Crippen LogP contribution in [0.4, 0.5) is 4.39 Å². The molecule has 0 spiro atoms. The second-order valence-corrected chi connectivity index (χ2v) is 7.92. The van der Waals surface area contributed by atoms with Crippen LogP contribution < -0.4 is 15.4 Å². The lowest BCUT2D eigenvalue weighted by Gasteiger charge is -2.13. The van der Waals surface area contributed by atoms with Gasteiger partial charge in [-0.15, -0.1) is 0 Å². The number of aliphatic imine (C=N–C) groups is 1. The quantitative estimate of drug-likeness (QED) is 0.356. The molecule has 7 nitrogen and oxygen atoms in total. The second kappa shape index (κ2) is 9.52. The Bertz CT molecular complexity index is 893. The van der Waals surface area contributed by atoms with E-state index >= 15 is 0 Å². The third-order valence-electron chi connectivity index (χ3n) is 4.04. The number of nitrogens with zero attached hydrogens (tertiary/aromatic N) is 2. The summed E-state index contributed by atoms with van der Waals surface area (Å²) in [7, 11) is -0.0942. The zero-order valence-electron chi connectivity index (χ0n) is 15.8. The van der Waals surface area contributed by atoms with Crippen LogP contribution in [-0.4, -0.2) is 45.6 Å². The fourth-order valence-electron chi connectivity index (χ4n) is 2.56. The summed E-state index contributed by atoms with van der Waals surface area (Å²) in [5.41, 5.74) is 1.98. The summed E-state index contributed by atoms with van der Waals surface area (Å²) in [4.78, 5) is 4.34. The van der Waals surface area contributed by atoms with Crippen molar-refractivity contribution in [2.24, 2.45) is 12.0 Å². The van der Waals surface area contributed by atoms with Gasteiger partial charge >= 0.3 is 0 Å². The number of sulfonamides is 1. The molecule has 1 aromatic carbocycles. The van der Waals surface area contributed by atoms with Crippen molar-refractivity contribution in [2.75, 3.05) is 26.7 Å². The Morgan fingerprint density at radius 2 is 1.93 bits per heavy atom. The van der Waals surface area contributed by atoms with Crippen LogP contribution in [0.1, 0.15) is 11.1 Å².